The molecule has 0 bridgehead atoms. The minimum absolute atomic E-state index is 0.0597. The van der Waals surface area contributed by atoms with Crippen LogP contribution in [0.15, 0.2) is 54.7 Å². The molecule has 33 heavy (non-hydrogen) atoms. The van der Waals surface area contributed by atoms with Gasteiger partial charge in [-0.1, -0.05) is 6.07 Å². The highest BCUT2D eigenvalue weighted by atomic mass is 16.5. The van der Waals surface area contributed by atoms with Gasteiger partial charge in [0.1, 0.15) is 29.1 Å². The standard InChI is InChI=1S/C23H21N7O3/c1-30-18-3-2-4-19(15(18)12-26-30)33-14-7-5-13(6-8-14)22-28-17(21(24)31)11-20(29-22)27-16-9-10-25-23(16)32/h2-8,11-12,16H,9-10H2,1H3,(H2,24,31)(H,25,32)(H,27,28,29). The van der Waals surface area contributed by atoms with Crippen molar-refractivity contribution in [2.75, 3.05) is 11.9 Å². The number of anilines is 1. The third-order valence-electron chi connectivity index (χ3n) is 5.44. The van der Waals surface area contributed by atoms with Crippen LogP contribution in [0.1, 0.15) is 16.9 Å². The molecule has 3 heterocycles. The maximum absolute atomic E-state index is 11.9. The molecule has 1 fully saturated rings. The summed E-state index contributed by atoms with van der Waals surface area (Å²) in [4.78, 5) is 32.5. The molecular weight excluding hydrogens is 422 g/mol. The van der Waals surface area contributed by atoms with Crippen molar-refractivity contribution >= 4 is 28.5 Å². The third-order valence-corrected chi connectivity index (χ3v) is 5.44. The first kappa shape index (κ1) is 20.4. The Morgan fingerprint density at radius 2 is 2.03 bits per heavy atom. The summed E-state index contributed by atoms with van der Waals surface area (Å²) in [6.07, 6.45) is 2.39. The highest BCUT2D eigenvalue weighted by Crippen LogP contribution is 2.30. The summed E-state index contributed by atoms with van der Waals surface area (Å²) in [6, 6.07) is 14.0. The monoisotopic (exact) mass is 443 g/mol. The quantitative estimate of drug-likeness (QED) is 0.415. The Kier molecular flexibility index (Phi) is 5.09. The zero-order valence-electron chi connectivity index (χ0n) is 17.8. The fraction of sp³-hybridized carbons (Fsp3) is 0.174. The molecule has 2 aromatic carbocycles. The molecule has 166 valence electrons. The van der Waals surface area contributed by atoms with Gasteiger partial charge in [-0.15, -0.1) is 0 Å². The van der Waals surface area contributed by atoms with Crippen LogP contribution in [0.2, 0.25) is 0 Å². The van der Waals surface area contributed by atoms with Gasteiger partial charge in [0.2, 0.25) is 5.91 Å². The average molecular weight is 443 g/mol. The van der Waals surface area contributed by atoms with E-state index in [1.54, 1.807) is 35.1 Å². The number of carbonyl (C=O) groups is 2. The number of primary amides is 1. The molecule has 2 amide bonds. The maximum atomic E-state index is 11.9. The van der Waals surface area contributed by atoms with Crippen LogP contribution >= 0.6 is 0 Å². The number of nitrogens with one attached hydrogen (secondary N) is 2. The smallest absolute Gasteiger partial charge is 0.267 e. The Balaban J connectivity index is 1.42. The van der Waals surface area contributed by atoms with Crippen molar-refractivity contribution in [3.8, 4) is 22.9 Å². The number of ether oxygens (including phenoxy) is 1. The number of fused-ring (bicyclic) bond motifs is 1. The van der Waals surface area contributed by atoms with E-state index in [-0.39, 0.29) is 11.6 Å². The van der Waals surface area contributed by atoms with Gasteiger partial charge in [-0.05, 0) is 42.8 Å². The van der Waals surface area contributed by atoms with E-state index in [2.05, 4.69) is 25.7 Å². The van der Waals surface area contributed by atoms with E-state index >= 15 is 0 Å². The van der Waals surface area contributed by atoms with Gasteiger partial charge in [-0.3, -0.25) is 14.3 Å². The zero-order valence-corrected chi connectivity index (χ0v) is 17.8. The topological polar surface area (TPSA) is 137 Å². The molecule has 0 saturated carbocycles. The predicted molar refractivity (Wildman–Crippen MR) is 122 cm³/mol. The number of benzene rings is 2. The average Bonchev–Trinajstić information content (AvgIpc) is 3.40. The number of amides is 2. The highest BCUT2D eigenvalue weighted by molar-refractivity contribution is 5.92. The molecule has 0 radical (unpaired) electrons. The molecule has 1 atom stereocenters. The number of hydrogen-bond acceptors (Lipinski definition) is 7. The first-order chi connectivity index (χ1) is 16.0. The van der Waals surface area contributed by atoms with Gasteiger partial charge < -0.3 is 21.1 Å². The van der Waals surface area contributed by atoms with Crippen LogP contribution in [0.25, 0.3) is 22.3 Å². The summed E-state index contributed by atoms with van der Waals surface area (Å²) >= 11 is 0. The van der Waals surface area contributed by atoms with Crippen LogP contribution in [0.5, 0.6) is 11.5 Å². The van der Waals surface area contributed by atoms with E-state index < -0.39 is 11.9 Å². The molecule has 1 unspecified atom stereocenters. The van der Waals surface area contributed by atoms with Crippen LogP contribution in [0, 0.1) is 0 Å². The summed E-state index contributed by atoms with van der Waals surface area (Å²) < 4.78 is 7.84. The minimum Gasteiger partial charge on any atom is -0.457 e. The van der Waals surface area contributed by atoms with Crippen LogP contribution in [-0.4, -0.2) is 44.1 Å². The van der Waals surface area contributed by atoms with E-state index in [1.807, 2.05) is 25.2 Å². The number of aryl methyl sites for hydroxylation is 1. The van der Waals surface area contributed by atoms with Crippen molar-refractivity contribution in [2.45, 2.75) is 12.5 Å². The molecule has 0 spiro atoms. The first-order valence-electron chi connectivity index (χ1n) is 10.4. The summed E-state index contributed by atoms with van der Waals surface area (Å²) in [7, 11) is 1.88. The summed E-state index contributed by atoms with van der Waals surface area (Å²) in [5, 5.41) is 11.0. The lowest BCUT2D eigenvalue weighted by Crippen LogP contribution is -2.30. The predicted octanol–water partition coefficient (Wildman–Crippen LogP) is 2.22. The molecule has 1 aliphatic rings. The largest absolute Gasteiger partial charge is 0.457 e. The Hall–Kier alpha value is -4.47. The Morgan fingerprint density at radius 3 is 2.76 bits per heavy atom. The van der Waals surface area contributed by atoms with Crippen molar-refractivity contribution in [1.82, 2.24) is 25.1 Å². The Labute approximate surface area is 188 Å². The fourth-order valence-corrected chi connectivity index (χ4v) is 3.73. The van der Waals surface area contributed by atoms with Crippen LogP contribution in [0.4, 0.5) is 5.82 Å². The van der Waals surface area contributed by atoms with Crippen molar-refractivity contribution in [2.24, 2.45) is 12.8 Å². The highest BCUT2D eigenvalue weighted by Gasteiger charge is 2.24. The van der Waals surface area contributed by atoms with Crippen molar-refractivity contribution in [3.05, 3.63) is 60.4 Å². The van der Waals surface area contributed by atoms with E-state index in [0.717, 1.165) is 10.9 Å². The van der Waals surface area contributed by atoms with Crippen LogP contribution < -0.4 is 21.1 Å². The second-order valence-corrected chi connectivity index (χ2v) is 7.69. The van der Waals surface area contributed by atoms with E-state index in [1.165, 1.54) is 6.07 Å². The number of hydrogen-bond donors (Lipinski definition) is 3. The molecule has 4 N–H and O–H groups in total. The SMILES string of the molecule is Cn1ncc2c(Oc3ccc(-c4nc(NC5CCNC5=O)cc(C(N)=O)n4)cc3)cccc21. The maximum Gasteiger partial charge on any atom is 0.267 e. The van der Waals surface area contributed by atoms with Gasteiger partial charge in [-0.2, -0.15) is 5.10 Å². The molecule has 10 heteroatoms. The molecule has 1 saturated heterocycles. The number of carbonyl (C=O) groups excluding carboxylic acids is 2. The Morgan fingerprint density at radius 1 is 1.21 bits per heavy atom. The lowest BCUT2D eigenvalue weighted by atomic mass is 10.2. The van der Waals surface area contributed by atoms with Crippen molar-refractivity contribution in [3.63, 3.8) is 0 Å². The molecule has 2 aromatic heterocycles. The van der Waals surface area contributed by atoms with Crippen LogP contribution in [0.3, 0.4) is 0 Å². The van der Waals surface area contributed by atoms with E-state index in [4.69, 9.17) is 10.5 Å². The van der Waals surface area contributed by atoms with Gasteiger partial charge in [0.15, 0.2) is 5.82 Å². The Bertz CT molecular complexity index is 1360. The molecule has 1 aliphatic heterocycles. The third kappa shape index (κ3) is 4.05. The second kappa shape index (κ2) is 8.23. The molecule has 4 aromatic rings. The molecule has 0 aliphatic carbocycles. The summed E-state index contributed by atoms with van der Waals surface area (Å²) in [5.74, 6) is 1.21. The number of nitrogens with zero attached hydrogens (tertiary/aromatic N) is 4. The lowest BCUT2D eigenvalue weighted by molar-refractivity contribution is -0.119. The minimum atomic E-state index is -0.679. The summed E-state index contributed by atoms with van der Waals surface area (Å²) in [6.45, 7) is 0.589. The first-order valence-corrected chi connectivity index (χ1v) is 10.4. The van der Waals surface area contributed by atoms with Gasteiger partial charge in [-0.25, -0.2) is 9.97 Å². The summed E-state index contributed by atoms with van der Waals surface area (Å²) in [5.41, 5.74) is 7.16. The van der Waals surface area contributed by atoms with E-state index in [0.29, 0.717) is 41.7 Å². The van der Waals surface area contributed by atoms with Crippen LogP contribution in [-0.2, 0) is 11.8 Å². The fourth-order valence-electron chi connectivity index (χ4n) is 3.73. The second-order valence-electron chi connectivity index (χ2n) is 7.69. The zero-order chi connectivity index (χ0) is 22.9. The van der Waals surface area contributed by atoms with Gasteiger partial charge in [0.05, 0.1) is 17.1 Å². The number of aromatic nitrogens is 4. The number of rotatable bonds is 6. The molecule has 5 rings (SSSR count). The van der Waals surface area contributed by atoms with Gasteiger partial charge in [0.25, 0.3) is 5.91 Å². The molecular formula is C23H21N7O3. The van der Waals surface area contributed by atoms with Crippen molar-refractivity contribution in [1.29, 1.82) is 0 Å². The van der Waals surface area contributed by atoms with Gasteiger partial charge in [0, 0.05) is 25.2 Å². The van der Waals surface area contributed by atoms with E-state index in [9.17, 15) is 9.59 Å². The van der Waals surface area contributed by atoms with Crippen molar-refractivity contribution < 1.29 is 14.3 Å². The molecule has 10 nitrogen and oxygen atoms in total. The normalized spacial score (nSPS) is 15.4. The van der Waals surface area contributed by atoms with Gasteiger partial charge >= 0.3 is 0 Å². The number of nitrogens with two attached hydrogens (primary N) is 1. The lowest BCUT2D eigenvalue weighted by Gasteiger charge is -2.13.